The van der Waals surface area contributed by atoms with E-state index in [2.05, 4.69) is 5.32 Å². The second-order valence-electron chi connectivity index (χ2n) is 6.72. The first-order valence-electron chi connectivity index (χ1n) is 8.60. The second kappa shape index (κ2) is 6.29. The van der Waals surface area contributed by atoms with E-state index in [0.29, 0.717) is 16.9 Å². The molecule has 0 bridgehead atoms. The van der Waals surface area contributed by atoms with Crippen LogP contribution in [0.3, 0.4) is 0 Å². The predicted molar refractivity (Wildman–Crippen MR) is 101 cm³/mol. The number of hydrogen-bond acceptors (Lipinski definition) is 3. The van der Waals surface area contributed by atoms with Crippen molar-refractivity contribution in [1.82, 2.24) is 9.88 Å². The topological polar surface area (TPSA) is 68.2 Å². The van der Waals surface area contributed by atoms with Crippen molar-refractivity contribution in [3.05, 3.63) is 65.9 Å². The van der Waals surface area contributed by atoms with Gasteiger partial charge in [0.15, 0.2) is 9.84 Å². The normalized spacial score (nSPS) is 18.4. The monoisotopic (exact) mass is 368 g/mol. The van der Waals surface area contributed by atoms with Gasteiger partial charge in [0, 0.05) is 24.1 Å². The molecule has 134 valence electrons. The minimum absolute atomic E-state index is 0.0588. The average molecular weight is 368 g/mol. The number of carbonyl (C=O) groups is 1. The minimum atomic E-state index is -3.25. The first-order valence-corrected chi connectivity index (χ1v) is 10.2. The Balaban J connectivity index is 1.57. The summed E-state index contributed by atoms with van der Waals surface area (Å²) < 4.78 is 26.5. The number of aromatic nitrogens is 1. The number of sulfone groups is 1. The van der Waals surface area contributed by atoms with Crippen molar-refractivity contribution >= 4 is 26.6 Å². The molecule has 0 spiro atoms. The Morgan fingerprint density at radius 1 is 1.15 bits per heavy atom. The van der Waals surface area contributed by atoms with Crippen molar-refractivity contribution < 1.29 is 13.2 Å². The largest absolute Gasteiger partial charge is 0.350 e. The van der Waals surface area contributed by atoms with Crippen LogP contribution in [0.25, 0.3) is 10.9 Å². The minimum Gasteiger partial charge on any atom is -0.350 e. The molecule has 1 N–H and O–H groups in total. The molecule has 1 aliphatic rings. The van der Waals surface area contributed by atoms with E-state index < -0.39 is 9.84 Å². The average Bonchev–Trinajstić information content (AvgIpc) is 2.94. The fourth-order valence-corrected chi connectivity index (χ4v) is 5.35. The molecule has 2 heterocycles. The molecule has 1 aromatic heterocycles. The van der Waals surface area contributed by atoms with Gasteiger partial charge in [-0.25, -0.2) is 8.42 Å². The summed E-state index contributed by atoms with van der Waals surface area (Å²) in [5.74, 6) is -0.0380. The Morgan fingerprint density at radius 2 is 1.88 bits per heavy atom. The van der Waals surface area contributed by atoms with Gasteiger partial charge in [0.05, 0.1) is 23.1 Å². The highest BCUT2D eigenvalue weighted by Gasteiger charge is 2.30. The first-order chi connectivity index (χ1) is 12.5. The maximum absolute atomic E-state index is 12.6. The van der Waals surface area contributed by atoms with Crippen LogP contribution in [-0.2, 0) is 28.1 Å². The molecule has 5 nitrogen and oxygen atoms in total. The van der Waals surface area contributed by atoms with Crippen LogP contribution in [0.1, 0.15) is 23.6 Å². The molecule has 4 rings (SSSR count). The molecule has 1 aliphatic heterocycles. The van der Waals surface area contributed by atoms with Crippen molar-refractivity contribution in [3.63, 3.8) is 0 Å². The number of benzene rings is 2. The Labute approximate surface area is 152 Å². The molecule has 6 heteroatoms. The van der Waals surface area contributed by atoms with Crippen LogP contribution >= 0.6 is 0 Å². The Morgan fingerprint density at radius 3 is 2.73 bits per heavy atom. The summed E-state index contributed by atoms with van der Waals surface area (Å²) >= 11 is 0. The third kappa shape index (κ3) is 2.90. The quantitative estimate of drug-likeness (QED) is 0.773. The van der Waals surface area contributed by atoms with E-state index in [-0.39, 0.29) is 24.1 Å². The van der Waals surface area contributed by atoms with Crippen LogP contribution in [0.4, 0.5) is 0 Å². The lowest BCUT2D eigenvalue weighted by molar-refractivity contribution is -0.121. The van der Waals surface area contributed by atoms with Gasteiger partial charge in [0.25, 0.3) is 0 Å². The van der Waals surface area contributed by atoms with Crippen molar-refractivity contribution in [3.8, 4) is 0 Å². The number of rotatable bonds is 3. The van der Waals surface area contributed by atoms with Crippen molar-refractivity contribution in [2.45, 2.75) is 23.8 Å². The molecule has 2 aromatic carbocycles. The third-order valence-corrected chi connectivity index (χ3v) is 6.79. The first kappa shape index (κ1) is 16.8. The van der Waals surface area contributed by atoms with Crippen molar-refractivity contribution in [1.29, 1.82) is 0 Å². The highest BCUT2D eigenvalue weighted by atomic mass is 32.2. The molecule has 0 fully saturated rings. The van der Waals surface area contributed by atoms with E-state index in [4.69, 9.17) is 0 Å². The van der Waals surface area contributed by atoms with Gasteiger partial charge in [-0.05, 0) is 29.7 Å². The van der Waals surface area contributed by atoms with E-state index in [0.717, 1.165) is 16.5 Å². The smallest absolute Gasteiger partial charge is 0.224 e. The molecular formula is C20H20N2O3S. The number of hydrogen-bond donors (Lipinski definition) is 1. The molecule has 26 heavy (non-hydrogen) atoms. The molecular weight excluding hydrogens is 348 g/mol. The number of nitrogens with zero attached hydrogens (tertiary/aromatic N) is 1. The molecule has 0 saturated heterocycles. The maximum atomic E-state index is 12.6. The van der Waals surface area contributed by atoms with Crippen LogP contribution in [-0.4, -0.2) is 24.6 Å². The standard InChI is InChI=1S/C20H20N2O3S/c1-22-13-14(15-6-2-4-8-18(15)22)12-20(23)21-17-10-11-26(24,25)19-9-5-3-7-16(17)19/h2-9,13,17H,10-12H2,1H3,(H,21,23)/t17-/m1/s1. The van der Waals surface area contributed by atoms with E-state index in [9.17, 15) is 13.2 Å². The molecule has 0 radical (unpaired) electrons. The molecule has 1 atom stereocenters. The number of fused-ring (bicyclic) bond motifs is 2. The molecule has 0 saturated carbocycles. The van der Waals surface area contributed by atoms with Gasteiger partial charge in [0.1, 0.15) is 0 Å². The molecule has 3 aromatic rings. The summed E-state index contributed by atoms with van der Waals surface area (Å²) in [6.07, 6.45) is 2.65. The lowest BCUT2D eigenvalue weighted by Crippen LogP contribution is -2.34. The SMILES string of the molecule is Cn1cc(CC(=O)N[C@@H]2CCS(=O)(=O)c3ccccc32)c2ccccc21. The summed E-state index contributed by atoms with van der Waals surface area (Å²) in [5.41, 5.74) is 2.74. The fourth-order valence-electron chi connectivity index (χ4n) is 3.72. The van der Waals surface area contributed by atoms with Gasteiger partial charge in [-0.2, -0.15) is 0 Å². The van der Waals surface area contributed by atoms with E-state index >= 15 is 0 Å². The van der Waals surface area contributed by atoms with E-state index in [1.54, 1.807) is 18.2 Å². The lowest BCUT2D eigenvalue weighted by Gasteiger charge is -2.26. The van der Waals surface area contributed by atoms with Gasteiger partial charge in [-0.15, -0.1) is 0 Å². The fraction of sp³-hybridized carbons (Fsp3) is 0.250. The number of carbonyl (C=O) groups excluding carboxylic acids is 1. The summed E-state index contributed by atoms with van der Waals surface area (Å²) in [7, 11) is -1.29. The molecule has 1 amide bonds. The van der Waals surface area contributed by atoms with Gasteiger partial charge in [-0.3, -0.25) is 4.79 Å². The van der Waals surface area contributed by atoms with Gasteiger partial charge < -0.3 is 9.88 Å². The van der Waals surface area contributed by atoms with E-state index in [1.807, 2.05) is 48.1 Å². The number of nitrogens with one attached hydrogen (secondary N) is 1. The van der Waals surface area contributed by atoms with Crippen molar-refractivity contribution in [2.75, 3.05) is 5.75 Å². The predicted octanol–water partition coefficient (Wildman–Crippen LogP) is 2.76. The zero-order valence-electron chi connectivity index (χ0n) is 14.5. The second-order valence-corrected chi connectivity index (χ2v) is 8.80. The summed E-state index contributed by atoms with van der Waals surface area (Å²) in [4.78, 5) is 13.0. The number of aryl methyl sites for hydroxylation is 1. The van der Waals surface area contributed by atoms with Gasteiger partial charge >= 0.3 is 0 Å². The highest BCUT2D eigenvalue weighted by molar-refractivity contribution is 7.91. The van der Waals surface area contributed by atoms with Gasteiger partial charge in [0.2, 0.25) is 5.91 Å². The lowest BCUT2D eigenvalue weighted by atomic mass is 10.0. The third-order valence-electron chi connectivity index (χ3n) is 4.97. The zero-order chi connectivity index (χ0) is 18.3. The Bertz CT molecular complexity index is 1100. The number of amides is 1. The summed E-state index contributed by atoms with van der Waals surface area (Å²) in [5, 5.41) is 4.09. The van der Waals surface area contributed by atoms with Crippen LogP contribution in [0, 0.1) is 0 Å². The summed E-state index contributed by atoms with van der Waals surface area (Å²) in [6, 6.07) is 14.6. The summed E-state index contributed by atoms with van der Waals surface area (Å²) in [6.45, 7) is 0. The van der Waals surface area contributed by atoms with Crippen LogP contribution in [0.5, 0.6) is 0 Å². The maximum Gasteiger partial charge on any atom is 0.224 e. The van der Waals surface area contributed by atoms with E-state index in [1.165, 1.54) is 0 Å². The molecule has 0 aliphatic carbocycles. The van der Waals surface area contributed by atoms with Crippen molar-refractivity contribution in [2.24, 2.45) is 7.05 Å². The zero-order valence-corrected chi connectivity index (χ0v) is 15.3. The van der Waals surface area contributed by atoms with Crippen LogP contribution in [0.2, 0.25) is 0 Å². The van der Waals surface area contributed by atoms with Crippen LogP contribution < -0.4 is 5.32 Å². The van der Waals surface area contributed by atoms with Crippen LogP contribution in [0.15, 0.2) is 59.6 Å². The Hall–Kier alpha value is -2.60. The highest BCUT2D eigenvalue weighted by Crippen LogP contribution is 2.32. The molecule has 0 unspecified atom stereocenters. The Kier molecular flexibility index (Phi) is 4.07. The van der Waals surface area contributed by atoms with Gasteiger partial charge in [-0.1, -0.05) is 36.4 Å². The number of para-hydroxylation sites is 1.